The first-order valence-corrected chi connectivity index (χ1v) is 9.01. The van der Waals surface area contributed by atoms with Gasteiger partial charge in [-0.1, -0.05) is 30.3 Å². The molecule has 6 heteroatoms. The van der Waals surface area contributed by atoms with Gasteiger partial charge in [-0.05, 0) is 42.7 Å². The number of rotatable bonds is 4. The lowest BCUT2D eigenvalue weighted by atomic mass is 10.00. The molecule has 1 aliphatic rings. The van der Waals surface area contributed by atoms with Gasteiger partial charge in [-0.15, -0.1) is 0 Å². The molecule has 1 saturated heterocycles. The molecule has 0 unspecified atom stereocenters. The summed E-state index contributed by atoms with van der Waals surface area (Å²) in [5.41, 5.74) is 1.69. The Labute approximate surface area is 157 Å². The molecule has 0 saturated carbocycles. The third kappa shape index (κ3) is 4.71. The van der Waals surface area contributed by atoms with E-state index in [1.807, 2.05) is 6.07 Å². The van der Waals surface area contributed by atoms with Crippen molar-refractivity contribution in [2.24, 2.45) is 0 Å². The zero-order valence-corrected chi connectivity index (χ0v) is 15.2. The number of aryl methyl sites for hydroxylation is 1. The maximum absolute atomic E-state index is 13.6. The van der Waals surface area contributed by atoms with Crippen molar-refractivity contribution in [1.82, 2.24) is 10.2 Å². The van der Waals surface area contributed by atoms with E-state index in [9.17, 15) is 19.1 Å². The van der Waals surface area contributed by atoms with E-state index in [0.717, 1.165) is 0 Å². The molecule has 5 nitrogen and oxygen atoms in total. The van der Waals surface area contributed by atoms with Gasteiger partial charge in [-0.2, -0.15) is 0 Å². The van der Waals surface area contributed by atoms with E-state index >= 15 is 0 Å². The van der Waals surface area contributed by atoms with E-state index in [-0.39, 0.29) is 30.6 Å². The SMILES string of the molecule is Cc1ccc(CC(=O)N[C@@H]2CCN(C(=O)c3ccccc3)C[C@H]2O)cc1F. The lowest BCUT2D eigenvalue weighted by molar-refractivity contribution is -0.122. The molecule has 1 fully saturated rings. The largest absolute Gasteiger partial charge is 0.389 e. The van der Waals surface area contributed by atoms with Gasteiger partial charge >= 0.3 is 0 Å². The Kier molecular flexibility index (Phi) is 5.86. The Hall–Kier alpha value is -2.73. The standard InChI is InChI=1S/C21H23FN2O3/c1-14-7-8-15(11-17(14)22)12-20(26)23-18-9-10-24(13-19(18)25)21(27)16-5-3-2-4-6-16/h2-8,11,18-19,25H,9-10,12-13H2,1H3,(H,23,26)/t18-,19-/m1/s1. The van der Waals surface area contributed by atoms with Crippen molar-refractivity contribution in [3.8, 4) is 0 Å². The highest BCUT2D eigenvalue weighted by Crippen LogP contribution is 2.15. The van der Waals surface area contributed by atoms with Crippen molar-refractivity contribution < 1.29 is 19.1 Å². The van der Waals surface area contributed by atoms with Crippen LogP contribution >= 0.6 is 0 Å². The fourth-order valence-corrected chi connectivity index (χ4v) is 3.24. The van der Waals surface area contributed by atoms with Crippen LogP contribution in [0.25, 0.3) is 0 Å². The number of halogens is 1. The van der Waals surface area contributed by atoms with Crippen LogP contribution in [-0.2, 0) is 11.2 Å². The fourth-order valence-electron chi connectivity index (χ4n) is 3.24. The molecule has 2 atom stereocenters. The highest BCUT2D eigenvalue weighted by molar-refractivity contribution is 5.94. The topological polar surface area (TPSA) is 69.6 Å². The zero-order chi connectivity index (χ0) is 19.4. The number of benzene rings is 2. The van der Waals surface area contributed by atoms with Gasteiger partial charge in [-0.3, -0.25) is 9.59 Å². The molecule has 1 heterocycles. The minimum atomic E-state index is -0.842. The molecule has 2 amide bonds. The van der Waals surface area contributed by atoms with Gasteiger partial charge < -0.3 is 15.3 Å². The minimum Gasteiger partial charge on any atom is -0.389 e. The van der Waals surface area contributed by atoms with Gasteiger partial charge in [0.05, 0.1) is 18.6 Å². The second-order valence-corrected chi connectivity index (χ2v) is 6.91. The average molecular weight is 370 g/mol. The molecule has 27 heavy (non-hydrogen) atoms. The molecule has 2 aromatic carbocycles. The summed E-state index contributed by atoms with van der Waals surface area (Å²) in [6.07, 6.45) is -0.328. The second kappa shape index (κ2) is 8.31. The summed E-state index contributed by atoms with van der Waals surface area (Å²) in [7, 11) is 0. The van der Waals surface area contributed by atoms with Gasteiger partial charge in [0.15, 0.2) is 0 Å². The first-order chi connectivity index (χ1) is 12.9. The molecular formula is C21H23FN2O3. The van der Waals surface area contributed by atoms with E-state index in [0.29, 0.717) is 29.7 Å². The Morgan fingerprint density at radius 1 is 1.22 bits per heavy atom. The van der Waals surface area contributed by atoms with Gasteiger partial charge in [0, 0.05) is 18.7 Å². The minimum absolute atomic E-state index is 0.0487. The van der Waals surface area contributed by atoms with Crippen LogP contribution in [0.1, 0.15) is 27.9 Å². The molecule has 1 aliphatic heterocycles. The number of nitrogens with zero attached hydrogens (tertiary/aromatic N) is 1. The van der Waals surface area contributed by atoms with Crippen LogP contribution in [0, 0.1) is 12.7 Å². The number of aliphatic hydroxyl groups is 1. The summed E-state index contributed by atoms with van der Waals surface area (Å²) in [4.78, 5) is 26.3. The first kappa shape index (κ1) is 19.0. The van der Waals surface area contributed by atoms with E-state index in [2.05, 4.69) is 5.32 Å². The number of amides is 2. The highest BCUT2D eigenvalue weighted by atomic mass is 19.1. The van der Waals surface area contributed by atoms with E-state index in [1.165, 1.54) is 6.07 Å². The number of hydrogen-bond acceptors (Lipinski definition) is 3. The van der Waals surface area contributed by atoms with E-state index in [1.54, 1.807) is 48.2 Å². The van der Waals surface area contributed by atoms with Crippen molar-refractivity contribution in [3.63, 3.8) is 0 Å². The molecule has 2 N–H and O–H groups in total. The van der Waals surface area contributed by atoms with Crippen LogP contribution in [0.5, 0.6) is 0 Å². The molecule has 0 aromatic heterocycles. The summed E-state index contributed by atoms with van der Waals surface area (Å²) in [5, 5.41) is 13.2. The summed E-state index contributed by atoms with van der Waals surface area (Å²) in [5.74, 6) is -0.743. The average Bonchev–Trinajstić information content (AvgIpc) is 2.66. The lowest BCUT2D eigenvalue weighted by Crippen LogP contribution is -2.55. The summed E-state index contributed by atoms with van der Waals surface area (Å²) in [6, 6.07) is 13.2. The number of nitrogens with one attached hydrogen (secondary N) is 1. The second-order valence-electron chi connectivity index (χ2n) is 6.91. The number of likely N-dealkylation sites (tertiary alicyclic amines) is 1. The predicted molar refractivity (Wildman–Crippen MR) is 99.7 cm³/mol. The number of carbonyl (C=O) groups excluding carboxylic acids is 2. The summed E-state index contributed by atoms with van der Waals surface area (Å²) >= 11 is 0. The fraction of sp³-hybridized carbons (Fsp3) is 0.333. The molecule has 3 rings (SSSR count). The molecule has 0 radical (unpaired) electrons. The van der Waals surface area contributed by atoms with E-state index in [4.69, 9.17) is 0 Å². The number of hydrogen-bond donors (Lipinski definition) is 2. The number of carbonyl (C=O) groups is 2. The number of β-amino-alcohol motifs (C(OH)–C–C–N with tert-alkyl or cyclic N) is 1. The number of aliphatic hydroxyl groups excluding tert-OH is 1. The van der Waals surface area contributed by atoms with Gasteiger partial charge in [-0.25, -0.2) is 4.39 Å². The third-order valence-corrected chi connectivity index (χ3v) is 4.84. The van der Waals surface area contributed by atoms with Crippen LogP contribution in [0.3, 0.4) is 0 Å². The highest BCUT2D eigenvalue weighted by Gasteiger charge is 2.31. The lowest BCUT2D eigenvalue weighted by Gasteiger charge is -2.36. The monoisotopic (exact) mass is 370 g/mol. The Morgan fingerprint density at radius 3 is 2.63 bits per heavy atom. The molecule has 0 bridgehead atoms. The van der Waals surface area contributed by atoms with E-state index < -0.39 is 12.1 Å². The van der Waals surface area contributed by atoms with Crippen molar-refractivity contribution in [1.29, 1.82) is 0 Å². The van der Waals surface area contributed by atoms with Gasteiger partial charge in [0.25, 0.3) is 5.91 Å². The van der Waals surface area contributed by atoms with Crippen LogP contribution in [-0.4, -0.2) is 47.1 Å². The third-order valence-electron chi connectivity index (χ3n) is 4.84. The summed E-state index contributed by atoms with van der Waals surface area (Å²) in [6.45, 7) is 2.28. The Balaban J connectivity index is 1.54. The normalized spacial score (nSPS) is 19.6. The quantitative estimate of drug-likeness (QED) is 0.866. The van der Waals surface area contributed by atoms with Crippen LogP contribution in [0.15, 0.2) is 48.5 Å². The van der Waals surface area contributed by atoms with Crippen molar-refractivity contribution in [3.05, 3.63) is 71.0 Å². The molecule has 0 spiro atoms. The van der Waals surface area contributed by atoms with Crippen molar-refractivity contribution in [2.45, 2.75) is 31.9 Å². The maximum atomic E-state index is 13.6. The van der Waals surface area contributed by atoms with Crippen LogP contribution in [0.4, 0.5) is 4.39 Å². The molecule has 2 aromatic rings. The number of piperidine rings is 1. The van der Waals surface area contributed by atoms with Gasteiger partial charge in [0.1, 0.15) is 5.82 Å². The summed E-state index contributed by atoms with van der Waals surface area (Å²) < 4.78 is 13.6. The predicted octanol–water partition coefficient (Wildman–Crippen LogP) is 2.07. The van der Waals surface area contributed by atoms with Crippen LogP contribution in [0.2, 0.25) is 0 Å². The van der Waals surface area contributed by atoms with Gasteiger partial charge in [0.2, 0.25) is 5.91 Å². The van der Waals surface area contributed by atoms with Crippen molar-refractivity contribution in [2.75, 3.05) is 13.1 Å². The molecule has 0 aliphatic carbocycles. The van der Waals surface area contributed by atoms with Crippen molar-refractivity contribution >= 4 is 11.8 Å². The smallest absolute Gasteiger partial charge is 0.253 e. The zero-order valence-electron chi connectivity index (χ0n) is 15.2. The maximum Gasteiger partial charge on any atom is 0.253 e. The Bertz CT molecular complexity index is 825. The first-order valence-electron chi connectivity index (χ1n) is 9.01. The molecular weight excluding hydrogens is 347 g/mol. The molecule has 142 valence electrons. The Morgan fingerprint density at radius 2 is 1.96 bits per heavy atom. The van der Waals surface area contributed by atoms with Crippen LogP contribution < -0.4 is 5.32 Å².